The van der Waals surface area contributed by atoms with Crippen molar-refractivity contribution in [2.75, 3.05) is 11.9 Å². The highest BCUT2D eigenvalue weighted by Crippen LogP contribution is 2.18. The number of aliphatic hydroxyl groups is 1. The Labute approximate surface area is 148 Å². The number of nitrogens with one attached hydrogen (secondary N) is 1. The van der Waals surface area contributed by atoms with Gasteiger partial charge in [0.1, 0.15) is 5.56 Å². The molecular formula is C19H16N2O5. The first-order valence-electron chi connectivity index (χ1n) is 7.89. The normalized spacial score (nSPS) is 10.7. The van der Waals surface area contributed by atoms with Crippen molar-refractivity contribution in [2.24, 2.45) is 0 Å². The van der Waals surface area contributed by atoms with Crippen LogP contribution in [-0.2, 0) is 6.54 Å². The Hall–Kier alpha value is -3.45. The summed E-state index contributed by atoms with van der Waals surface area (Å²) in [5, 5.41) is 21.3. The number of fused-ring (bicyclic) bond motifs is 1. The lowest BCUT2D eigenvalue weighted by atomic mass is 10.1. The molecule has 1 amide bonds. The number of aromatic nitrogens is 1. The molecule has 1 heterocycles. The molecule has 0 aliphatic carbocycles. The van der Waals surface area contributed by atoms with Crippen LogP contribution in [0.4, 0.5) is 5.69 Å². The molecule has 3 rings (SSSR count). The minimum atomic E-state index is -1.35. The van der Waals surface area contributed by atoms with E-state index in [1.54, 1.807) is 42.5 Å². The van der Waals surface area contributed by atoms with E-state index in [0.717, 1.165) is 0 Å². The van der Waals surface area contributed by atoms with Crippen LogP contribution in [0.3, 0.4) is 0 Å². The molecule has 0 spiro atoms. The van der Waals surface area contributed by atoms with Gasteiger partial charge in [-0.3, -0.25) is 9.59 Å². The Morgan fingerprint density at radius 3 is 2.46 bits per heavy atom. The number of aromatic carboxylic acids is 1. The van der Waals surface area contributed by atoms with Crippen molar-refractivity contribution in [2.45, 2.75) is 6.54 Å². The average Bonchev–Trinajstić information content (AvgIpc) is 2.64. The lowest BCUT2D eigenvalue weighted by Gasteiger charge is -2.12. The number of aliphatic hydroxyl groups excluding tert-OH is 1. The van der Waals surface area contributed by atoms with E-state index in [9.17, 15) is 24.6 Å². The Morgan fingerprint density at radius 1 is 1.08 bits per heavy atom. The summed E-state index contributed by atoms with van der Waals surface area (Å²) < 4.78 is 1.50. The highest BCUT2D eigenvalue weighted by Gasteiger charge is 2.15. The highest BCUT2D eigenvalue weighted by molar-refractivity contribution is 6.05. The molecule has 0 aliphatic heterocycles. The zero-order valence-corrected chi connectivity index (χ0v) is 13.7. The molecule has 0 fully saturated rings. The summed E-state index contributed by atoms with van der Waals surface area (Å²) in [7, 11) is 0. The monoisotopic (exact) mass is 352 g/mol. The van der Waals surface area contributed by atoms with Gasteiger partial charge in [0, 0.05) is 29.4 Å². The highest BCUT2D eigenvalue weighted by atomic mass is 16.4. The number of carboxylic acid groups (broad SMARTS) is 1. The van der Waals surface area contributed by atoms with Crippen LogP contribution in [0.25, 0.3) is 10.9 Å². The topological polar surface area (TPSA) is 109 Å². The van der Waals surface area contributed by atoms with E-state index in [0.29, 0.717) is 16.8 Å². The molecule has 0 radical (unpaired) electrons. The van der Waals surface area contributed by atoms with Crippen LogP contribution < -0.4 is 10.7 Å². The van der Waals surface area contributed by atoms with Crippen molar-refractivity contribution >= 4 is 28.5 Å². The molecule has 0 bridgehead atoms. The van der Waals surface area contributed by atoms with Crippen molar-refractivity contribution in [3.63, 3.8) is 0 Å². The summed E-state index contributed by atoms with van der Waals surface area (Å²) in [4.78, 5) is 36.0. The molecule has 1 aromatic heterocycles. The number of carbonyl (C=O) groups excluding carboxylic acids is 1. The van der Waals surface area contributed by atoms with E-state index in [1.165, 1.54) is 16.8 Å². The van der Waals surface area contributed by atoms with Gasteiger partial charge < -0.3 is 20.1 Å². The van der Waals surface area contributed by atoms with Crippen molar-refractivity contribution in [3.05, 3.63) is 76.1 Å². The van der Waals surface area contributed by atoms with Gasteiger partial charge in [-0.25, -0.2) is 4.79 Å². The third-order valence-corrected chi connectivity index (χ3v) is 3.95. The van der Waals surface area contributed by atoms with E-state index >= 15 is 0 Å². The molecule has 0 unspecified atom stereocenters. The van der Waals surface area contributed by atoms with Gasteiger partial charge in [-0.05, 0) is 30.3 Å². The second-order valence-electron chi connectivity index (χ2n) is 5.65. The first-order valence-corrected chi connectivity index (χ1v) is 7.89. The van der Waals surface area contributed by atoms with Crippen LogP contribution in [0, 0.1) is 0 Å². The third-order valence-electron chi connectivity index (χ3n) is 3.95. The van der Waals surface area contributed by atoms with Crippen LogP contribution in [0.2, 0.25) is 0 Å². The average molecular weight is 352 g/mol. The van der Waals surface area contributed by atoms with Gasteiger partial charge in [0.15, 0.2) is 0 Å². The molecule has 7 nitrogen and oxygen atoms in total. The second-order valence-corrected chi connectivity index (χ2v) is 5.65. The number of benzene rings is 2. The fraction of sp³-hybridized carbons (Fsp3) is 0.105. The standard InChI is InChI=1S/C19H16N2O5/c22-9-8-21-11-15(19(25)26)17(23)14-10-13(6-7-16(14)21)20-18(24)12-4-2-1-3-5-12/h1-7,10-11,22H,8-9H2,(H,20,24)(H,25,26). The van der Waals surface area contributed by atoms with Crippen molar-refractivity contribution < 1.29 is 19.8 Å². The number of anilines is 1. The lowest BCUT2D eigenvalue weighted by Crippen LogP contribution is -2.20. The number of hydrogen-bond acceptors (Lipinski definition) is 4. The van der Waals surface area contributed by atoms with E-state index < -0.39 is 17.0 Å². The van der Waals surface area contributed by atoms with Crippen molar-refractivity contribution in [1.82, 2.24) is 4.57 Å². The van der Waals surface area contributed by atoms with Crippen LogP contribution in [0.1, 0.15) is 20.7 Å². The predicted octanol–water partition coefficient (Wildman–Crippen LogP) is 1.94. The van der Waals surface area contributed by atoms with Crippen LogP contribution >= 0.6 is 0 Å². The minimum absolute atomic E-state index is 0.146. The largest absolute Gasteiger partial charge is 0.477 e. The smallest absolute Gasteiger partial charge is 0.341 e. The maximum atomic E-state index is 12.5. The Morgan fingerprint density at radius 2 is 1.81 bits per heavy atom. The number of nitrogens with zero attached hydrogens (tertiary/aromatic N) is 1. The molecule has 3 aromatic rings. The van der Waals surface area contributed by atoms with Crippen LogP contribution in [-0.4, -0.2) is 33.3 Å². The number of carbonyl (C=O) groups is 2. The molecule has 2 aromatic carbocycles. The fourth-order valence-electron chi connectivity index (χ4n) is 2.71. The Balaban J connectivity index is 2.07. The van der Waals surface area contributed by atoms with Gasteiger partial charge >= 0.3 is 5.97 Å². The molecule has 7 heteroatoms. The first-order chi connectivity index (χ1) is 12.5. The summed E-state index contributed by atoms with van der Waals surface area (Å²) in [6.45, 7) is -0.0592. The second kappa shape index (κ2) is 7.20. The lowest BCUT2D eigenvalue weighted by molar-refractivity contribution is 0.0694. The number of carboxylic acids is 1. The van der Waals surface area contributed by atoms with Crippen molar-refractivity contribution in [1.29, 1.82) is 0 Å². The SMILES string of the molecule is O=C(Nc1ccc2c(c1)c(=O)c(C(=O)O)cn2CCO)c1ccccc1. The maximum absolute atomic E-state index is 12.5. The molecule has 132 valence electrons. The zero-order chi connectivity index (χ0) is 18.7. The molecular weight excluding hydrogens is 336 g/mol. The molecule has 0 aliphatic rings. The fourth-order valence-corrected chi connectivity index (χ4v) is 2.71. The third kappa shape index (κ3) is 3.33. The number of hydrogen-bond donors (Lipinski definition) is 3. The number of rotatable bonds is 5. The van der Waals surface area contributed by atoms with Gasteiger partial charge in [0.05, 0.1) is 12.1 Å². The molecule has 0 saturated carbocycles. The van der Waals surface area contributed by atoms with E-state index in [4.69, 9.17) is 0 Å². The van der Waals surface area contributed by atoms with E-state index in [2.05, 4.69) is 5.32 Å². The zero-order valence-electron chi connectivity index (χ0n) is 13.7. The van der Waals surface area contributed by atoms with Gasteiger partial charge in [-0.2, -0.15) is 0 Å². The summed E-state index contributed by atoms with van der Waals surface area (Å²) >= 11 is 0. The van der Waals surface area contributed by atoms with E-state index in [1.807, 2.05) is 0 Å². The Bertz CT molecular complexity index is 1040. The van der Waals surface area contributed by atoms with Gasteiger partial charge in [-0.15, -0.1) is 0 Å². The quantitative estimate of drug-likeness (QED) is 0.650. The summed E-state index contributed by atoms with van der Waals surface area (Å²) in [5.74, 6) is -1.68. The first kappa shape index (κ1) is 17.4. The summed E-state index contributed by atoms with van der Waals surface area (Å²) in [6.07, 6.45) is 1.21. The molecule has 26 heavy (non-hydrogen) atoms. The molecule has 3 N–H and O–H groups in total. The summed E-state index contributed by atoms with van der Waals surface area (Å²) in [5.41, 5.74) is 0.285. The Kier molecular flexibility index (Phi) is 4.81. The number of amides is 1. The molecule has 0 saturated heterocycles. The minimum Gasteiger partial charge on any atom is -0.477 e. The predicted molar refractivity (Wildman–Crippen MR) is 96.6 cm³/mol. The van der Waals surface area contributed by atoms with Crippen LogP contribution in [0.5, 0.6) is 0 Å². The maximum Gasteiger partial charge on any atom is 0.341 e. The van der Waals surface area contributed by atoms with Crippen molar-refractivity contribution in [3.8, 4) is 0 Å². The van der Waals surface area contributed by atoms with Gasteiger partial charge in [-0.1, -0.05) is 18.2 Å². The molecule has 0 atom stereocenters. The van der Waals surface area contributed by atoms with Crippen LogP contribution in [0.15, 0.2) is 59.5 Å². The van der Waals surface area contributed by atoms with Gasteiger partial charge in [0.2, 0.25) is 5.43 Å². The number of pyridine rings is 1. The summed E-state index contributed by atoms with van der Waals surface area (Å²) in [6, 6.07) is 13.3. The van der Waals surface area contributed by atoms with E-state index in [-0.39, 0.29) is 24.4 Å². The van der Waals surface area contributed by atoms with Gasteiger partial charge in [0.25, 0.3) is 5.91 Å².